The molecule has 2 aromatic heterocycles. The van der Waals surface area contributed by atoms with E-state index in [4.69, 9.17) is 26.3 Å². The Labute approximate surface area is 137 Å². The first-order chi connectivity index (χ1) is 11.3. The van der Waals surface area contributed by atoms with E-state index in [1.807, 2.05) is 34.9 Å². The molecule has 3 rings (SSSR count). The third kappa shape index (κ3) is 2.81. The van der Waals surface area contributed by atoms with Crippen molar-refractivity contribution in [1.82, 2.24) is 4.40 Å². The second-order valence-electron chi connectivity index (χ2n) is 4.78. The number of ether oxygens (including phenoxy) is 2. The van der Waals surface area contributed by atoms with E-state index in [0.29, 0.717) is 11.3 Å². The fraction of sp³-hybridized carbons (Fsp3) is 0.176. The van der Waals surface area contributed by atoms with E-state index in [-0.39, 0.29) is 19.1 Å². The zero-order valence-electron chi connectivity index (χ0n) is 12.2. The first-order valence-electron chi connectivity index (χ1n) is 7.02. The molecule has 5 nitrogen and oxygen atoms in total. The van der Waals surface area contributed by atoms with Crippen molar-refractivity contribution in [3.8, 4) is 11.8 Å². The van der Waals surface area contributed by atoms with Gasteiger partial charge in [0, 0.05) is 17.6 Å². The molecule has 0 aliphatic rings. The van der Waals surface area contributed by atoms with Gasteiger partial charge in [-0.2, -0.15) is 5.26 Å². The maximum Gasteiger partial charge on any atom is 0.341 e. The summed E-state index contributed by atoms with van der Waals surface area (Å²) in [6.07, 6.45) is 1.87. The van der Waals surface area contributed by atoms with Crippen molar-refractivity contribution in [2.75, 3.05) is 19.1 Å². The number of nitriles is 1. The van der Waals surface area contributed by atoms with Crippen molar-refractivity contribution in [2.45, 2.75) is 0 Å². The molecule has 0 aliphatic carbocycles. The molecular formula is C17H13ClN2O3. The first kappa shape index (κ1) is 15.2. The highest BCUT2D eigenvalue weighted by molar-refractivity contribution is 6.18. The lowest BCUT2D eigenvalue weighted by molar-refractivity contribution is 0.0533. The fourth-order valence-electron chi connectivity index (χ4n) is 2.54. The van der Waals surface area contributed by atoms with Crippen LogP contribution in [0.15, 0.2) is 42.6 Å². The molecule has 0 atom stereocenters. The van der Waals surface area contributed by atoms with Gasteiger partial charge < -0.3 is 13.9 Å². The van der Waals surface area contributed by atoms with Crippen LogP contribution in [0.2, 0.25) is 0 Å². The fourth-order valence-corrected chi connectivity index (χ4v) is 2.62. The van der Waals surface area contributed by atoms with Crippen LogP contribution in [0.4, 0.5) is 0 Å². The van der Waals surface area contributed by atoms with Gasteiger partial charge in [0.1, 0.15) is 18.4 Å². The minimum atomic E-state index is -0.407. The number of fused-ring (bicyclic) bond motifs is 3. The number of nitrogens with zero attached hydrogens (tertiary/aromatic N) is 2. The van der Waals surface area contributed by atoms with Crippen LogP contribution in [-0.2, 0) is 4.74 Å². The van der Waals surface area contributed by atoms with E-state index in [2.05, 4.69) is 0 Å². The molecule has 3 aromatic rings. The maximum atomic E-state index is 12.4. The van der Waals surface area contributed by atoms with Crippen molar-refractivity contribution in [2.24, 2.45) is 0 Å². The maximum absolute atomic E-state index is 12.4. The predicted octanol–water partition coefficient (Wildman–Crippen LogP) is 3.39. The van der Waals surface area contributed by atoms with E-state index in [9.17, 15) is 4.79 Å². The SMILES string of the molecule is N#CCOc1ccc2c(C(=O)OCCCl)c3ccccn3c2c1. The molecule has 0 N–H and O–H groups in total. The van der Waals surface area contributed by atoms with Crippen LogP contribution < -0.4 is 4.74 Å². The Morgan fingerprint density at radius 2 is 2.13 bits per heavy atom. The Morgan fingerprint density at radius 3 is 2.91 bits per heavy atom. The topological polar surface area (TPSA) is 63.7 Å². The smallest absolute Gasteiger partial charge is 0.341 e. The summed E-state index contributed by atoms with van der Waals surface area (Å²) in [6, 6.07) is 12.9. The summed E-state index contributed by atoms with van der Waals surface area (Å²) < 4.78 is 12.4. The molecule has 1 aromatic carbocycles. The highest BCUT2D eigenvalue weighted by atomic mass is 35.5. The lowest BCUT2D eigenvalue weighted by Crippen LogP contribution is -2.07. The van der Waals surface area contributed by atoms with E-state index in [1.54, 1.807) is 18.2 Å². The van der Waals surface area contributed by atoms with Crippen LogP contribution in [0.3, 0.4) is 0 Å². The molecule has 0 spiro atoms. The predicted molar refractivity (Wildman–Crippen MR) is 87.0 cm³/mol. The van der Waals surface area contributed by atoms with Gasteiger partial charge in [-0.25, -0.2) is 4.79 Å². The monoisotopic (exact) mass is 328 g/mol. The molecule has 0 bridgehead atoms. The van der Waals surface area contributed by atoms with Crippen LogP contribution in [-0.4, -0.2) is 29.5 Å². The van der Waals surface area contributed by atoms with Gasteiger partial charge in [0.25, 0.3) is 0 Å². The zero-order valence-corrected chi connectivity index (χ0v) is 12.9. The molecule has 0 fully saturated rings. The Balaban J connectivity index is 2.18. The van der Waals surface area contributed by atoms with Crippen LogP contribution in [0.5, 0.6) is 5.75 Å². The van der Waals surface area contributed by atoms with Gasteiger partial charge in [0.15, 0.2) is 6.61 Å². The molecule has 0 radical (unpaired) electrons. The third-order valence-corrected chi connectivity index (χ3v) is 3.59. The van der Waals surface area contributed by atoms with Crippen LogP contribution in [0.25, 0.3) is 16.4 Å². The second-order valence-corrected chi connectivity index (χ2v) is 5.16. The number of pyridine rings is 1. The number of esters is 1. The van der Waals surface area contributed by atoms with Crippen molar-refractivity contribution >= 4 is 34.0 Å². The molecular weight excluding hydrogens is 316 g/mol. The molecule has 116 valence electrons. The summed E-state index contributed by atoms with van der Waals surface area (Å²) in [5, 5.41) is 9.38. The summed E-state index contributed by atoms with van der Waals surface area (Å²) in [6.45, 7) is 0.134. The summed E-state index contributed by atoms with van der Waals surface area (Å²) in [7, 11) is 0. The Kier molecular flexibility index (Phi) is 4.35. The normalized spacial score (nSPS) is 10.6. The van der Waals surface area contributed by atoms with Crippen molar-refractivity contribution in [1.29, 1.82) is 5.26 Å². The number of carbonyl (C=O) groups excluding carboxylic acids is 1. The van der Waals surface area contributed by atoms with Crippen LogP contribution in [0.1, 0.15) is 10.4 Å². The van der Waals surface area contributed by atoms with Gasteiger partial charge in [-0.3, -0.25) is 0 Å². The van der Waals surface area contributed by atoms with Gasteiger partial charge >= 0.3 is 5.97 Å². The van der Waals surface area contributed by atoms with Crippen LogP contribution in [0, 0.1) is 11.3 Å². The van der Waals surface area contributed by atoms with Gasteiger partial charge in [0.05, 0.1) is 22.5 Å². The highest BCUT2D eigenvalue weighted by Crippen LogP contribution is 2.30. The van der Waals surface area contributed by atoms with Crippen molar-refractivity contribution < 1.29 is 14.3 Å². The number of hydrogen-bond acceptors (Lipinski definition) is 4. The average molecular weight is 329 g/mol. The summed E-state index contributed by atoms with van der Waals surface area (Å²) in [4.78, 5) is 12.4. The van der Waals surface area contributed by atoms with E-state index in [1.165, 1.54) is 0 Å². The number of rotatable bonds is 5. The molecule has 0 amide bonds. The Morgan fingerprint density at radius 1 is 1.26 bits per heavy atom. The molecule has 6 heteroatoms. The van der Waals surface area contributed by atoms with Gasteiger partial charge in [-0.15, -0.1) is 11.6 Å². The second kappa shape index (κ2) is 6.59. The molecule has 23 heavy (non-hydrogen) atoms. The van der Waals surface area contributed by atoms with Gasteiger partial charge in [-0.05, 0) is 24.3 Å². The molecule has 0 unspecified atom stereocenters. The number of carbonyl (C=O) groups is 1. The average Bonchev–Trinajstić information content (AvgIpc) is 2.91. The van der Waals surface area contributed by atoms with Gasteiger partial charge in [0.2, 0.25) is 0 Å². The number of benzene rings is 1. The van der Waals surface area contributed by atoms with Crippen LogP contribution >= 0.6 is 11.6 Å². The van der Waals surface area contributed by atoms with E-state index < -0.39 is 5.97 Å². The molecule has 0 aliphatic heterocycles. The highest BCUT2D eigenvalue weighted by Gasteiger charge is 2.19. The standard InChI is InChI=1S/C17H13ClN2O3/c18-6-9-23-17(21)16-13-5-4-12(22-10-7-19)11-15(13)20-8-2-1-3-14(16)20/h1-5,8,11H,6,9-10H2. The van der Waals surface area contributed by atoms with Crippen molar-refractivity contribution in [3.63, 3.8) is 0 Å². The molecule has 0 saturated heterocycles. The summed E-state index contributed by atoms with van der Waals surface area (Å²) in [5.74, 6) is 0.416. The molecule has 0 saturated carbocycles. The number of halogens is 1. The van der Waals surface area contributed by atoms with E-state index in [0.717, 1.165) is 16.4 Å². The number of aromatic nitrogens is 1. The summed E-state index contributed by atoms with van der Waals surface area (Å²) >= 11 is 5.59. The first-order valence-corrected chi connectivity index (χ1v) is 7.55. The lowest BCUT2D eigenvalue weighted by atomic mass is 10.1. The third-order valence-electron chi connectivity index (χ3n) is 3.43. The summed E-state index contributed by atoms with van der Waals surface area (Å²) in [5.41, 5.74) is 2.06. The van der Waals surface area contributed by atoms with Crippen molar-refractivity contribution in [3.05, 3.63) is 48.2 Å². The molecule has 2 heterocycles. The van der Waals surface area contributed by atoms with E-state index >= 15 is 0 Å². The lowest BCUT2D eigenvalue weighted by Gasteiger charge is -2.03. The Bertz CT molecular complexity index is 911. The van der Waals surface area contributed by atoms with Gasteiger partial charge in [-0.1, -0.05) is 6.07 Å². The Hall–Kier alpha value is -2.71. The minimum absolute atomic E-state index is 0.0283. The minimum Gasteiger partial charge on any atom is -0.479 e. The zero-order chi connectivity index (χ0) is 16.2. The number of alkyl halides is 1. The quantitative estimate of drug-likeness (QED) is 0.532. The number of hydrogen-bond donors (Lipinski definition) is 0. The largest absolute Gasteiger partial charge is 0.479 e.